The van der Waals surface area contributed by atoms with E-state index in [1.807, 2.05) is 0 Å². The van der Waals surface area contributed by atoms with Crippen LogP contribution in [0.15, 0.2) is 0 Å². The first-order valence-corrected chi connectivity index (χ1v) is 8.31. The Bertz CT molecular complexity index is 197. The van der Waals surface area contributed by atoms with E-state index in [0.717, 1.165) is 20.1 Å². The molecule has 0 radical (unpaired) electrons. The van der Waals surface area contributed by atoms with Crippen LogP contribution in [0.4, 0.5) is 0 Å². The minimum absolute atomic E-state index is 0.194. The van der Waals surface area contributed by atoms with Gasteiger partial charge in [0.15, 0.2) is 0 Å². The van der Waals surface area contributed by atoms with Gasteiger partial charge in [0.1, 0.15) is 0 Å². The van der Waals surface area contributed by atoms with Crippen molar-refractivity contribution in [1.29, 1.82) is 0 Å². The fourth-order valence-electron chi connectivity index (χ4n) is 0.510. The van der Waals surface area contributed by atoms with E-state index < -0.39 is 9.22 Å². The molecule has 141 valence electrons. The van der Waals surface area contributed by atoms with Gasteiger partial charge < -0.3 is 14.6 Å². The average Bonchev–Trinajstić information content (AvgIpc) is 2.88. The first-order valence-electron chi connectivity index (χ1n) is 5.12. The number of carboxylic acids is 1. The Morgan fingerprint density at radius 1 is 1.18 bits per heavy atom. The van der Waals surface area contributed by atoms with Gasteiger partial charge in [-0.2, -0.15) is 6.92 Å². The Kier molecular flexibility index (Phi) is 53.4. The summed E-state index contributed by atoms with van der Waals surface area (Å²) in [5.41, 5.74) is 0. The van der Waals surface area contributed by atoms with Crippen molar-refractivity contribution in [3.8, 4) is 0 Å². The molecule has 0 unspecified atom stereocenters. The molecule has 0 saturated carbocycles. The second kappa shape index (κ2) is 33.9. The molecule has 0 atom stereocenters. The third-order valence-corrected chi connectivity index (χ3v) is 0.827. The maximum atomic E-state index is 9.00. The molecule has 0 spiro atoms. The first kappa shape index (κ1) is 34.7. The molecule has 1 aliphatic heterocycles. The van der Waals surface area contributed by atoms with Gasteiger partial charge in [-0.3, -0.25) is 11.1 Å². The van der Waals surface area contributed by atoms with Crippen LogP contribution in [0.25, 0.3) is 0 Å². The van der Waals surface area contributed by atoms with Crippen molar-refractivity contribution in [3.05, 3.63) is 0 Å². The quantitative estimate of drug-likeness (QED) is 0.271. The topological polar surface area (TPSA) is 80.7 Å². The van der Waals surface area contributed by atoms with Crippen molar-refractivity contribution < 1.29 is 43.7 Å². The number of alkyl halides is 6. The van der Waals surface area contributed by atoms with E-state index >= 15 is 0 Å². The van der Waals surface area contributed by atoms with Crippen molar-refractivity contribution >= 4 is 81.9 Å². The molecule has 1 heterocycles. The number of carbonyl (C=O) groups excluding carboxylic acids is 1. The van der Waals surface area contributed by atoms with Crippen LogP contribution in [0.5, 0.6) is 0 Å². The van der Waals surface area contributed by atoms with Gasteiger partial charge in [0.05, 0.1) is 5.34 Å². The molecule has 0 amide bonds. The van der Waals surface area contributed by atoms with Gasteiger partial charge in [-0.15, -0.1) is 23.2 Å². The Labute approximate surface area is 173 Å². The van der Waals surface area contributed by atoms with Crippen LogP contribution >= 0.6 is 69.6 Å². The summed E-state index contributed by atoms with van der Waals surface area (Å²) < 4.78 is 11.4. The first-order chi connectivity index (χ1) is 10.1. The molecule has 0 aliphatic carbocycles. The molecule has 0 aromatic rings. The third kappa shape index (κ3) is 218. The monoisotopic (exact) mass is 534 g/mol. The van der Waals surface area contributed by atoms with E-state index in [4.69, 9.17) is 92.3 Å². The SMILES string of the molecule is C1CCOC1.CC(=O)O.C[C-]=O.ClC(Cl)(Cl)Cl.ClCCl.[O]=[Ag]. The number of carbonyl (C=O) groups is 1. The average molecular weight is 538 g/mol. The van der Waals surface area contributed by atoms with Crippen molar-refractivity contribution in [2.24, 2.45) is 0 Å². The van der Waals surface area contributed by atoms with Gasteiger partial charge in [0, 0.05) is 20.1 Å². The molecule has 12 heteroatoms. The van der Waals surface area contributed by atoms with Crippen LogP contribution in [0.3, 0.4) is 0 Å². The van der Waals surface area contributed by atoms with Crippen molar-refractivity contribution in [3.63, 3.8) is 0 Å². The molecule has 1 saturated heterocycles. The van der Waals surface area contributed by atoms with Crippen LogP contribution in [-0.2, 0) is 38.6 Å². The Balaban J connectivity index is -0.0000000542. The van der Waals surface area contributed by atoms with Crippen LogP contribution in [-0.4, -0.2) is 39.2 Å². The Morgan fingerprint density at radius 3 is 1.36 bits per heavy atom. The van der Waals surface area contributed by atoms with Crippen molar-refractivity contribution in [2.45, 2.75) is 29.9 Å². The molecule has 0 aromatic heterocycles. The molecule has 1 N–H and O–H groups in total. The van der Waals surface area contributed by atoms with E-state index in [1.165, 1.54) is 26.1 Å². The van der Waals surface area contributed by atoms with Gasteiger partial charge in [-0.05, 0) is 12.8 Å². The van der Waals surface area contributed by atoms with Crippen molar-refractivity contribution in [1.82, 2.24) is 0 Å². The number of rotatable bonds is 0. The Morgan fingerprint density at radius 2 is 1.32 bits per heavy atom. The fourth-order valence-corrected chi connectivity index (χ4v) is 0.510. The number of hydrogen-bond donors (Lipinski definition) is 1. The van der Waals surface area contributed by atoms with Gasteiger partial charge >= 0.3 is 24.3 Å². The number of aliphatic carboxylic acids is 1. The minimum atomic E-state index is -1.61. The molecule has 1 fully saturated rings. The van der Waals surface area contributed by atoms with Gasteiger partial charge in [0.25, 0.3) is 9.22 Å². The van der Waals surface area contributed by atoms with E-state index in [9.17, 15) is 0 Å². The van der Waals surface area contributed by atoms with Gasteiger partial charge in [-0.1, -0.05) is 46.4 Å². The summed E-state index contributed by atoms with van der Waals surface area (Å²) >= 11 is 30.5. The van der Waals surface area contributed by atoms with Gasteiger partial charge in [0.2, 0.25) is 0 Å². The number of ether oxygens (including phenoxy) is 1. The van der Waals surface area contributed by atoms with E-state index in [0.29, 0.717) is 0 Å². The third-order valence-electron chi connectivity index (χ3n) is 0.827. The molecule has 0 aromatic carbocycles. The summed E-state index contributed by atoms with van der Waals surface area (Å²) in [6, 6.07) is 0. The second-order valence-corrected chi connectivity index (χ2v) is 6.81. The summed E-state index contributed by atoms with van der Waals surface area (Å²) in [7, 11) is 0. The van der Waals surface area contributed by atoms with Crippen LogP contribution in [0.2, 0.25) is 0 Å². The molecule has 22 heavy (non-hydrogen) atoms. The predicted molar refractivity (Wildman–Crippen MR) is 88.1 cm³/mol. The molecule has 1 aliphatic rings. The van der Waals surface area contributed by atoms with E-state index in [2.05, 4.69) is 0 Å². The molecule has 0 bridgehead atoms. The van der Waals surface area contributed by atoms with E-state index in [1.54, 1.807) is 21.0 Å². The van der Waals surface area contributed by atoms with Crippen LogP contribution in [0.1, 0.15) is 26.7 Å². The zero-order valence-electron chi connectivity index (χ0n) is 11.7. The van der Waals surface area contributed by atoms with Gasteiger partial charge in [-0.25, -0.2) is 0 Å². The summed E-state index contributed by atoms with van der Waals surface area (Å²) in [6.45, 7) is 4.40. The predicted octanol–water partition coefficient (Wildman–Crippen LogP) is 4.86. The summed E-state index contributed by atoms with van der Waals surface area (Å²) in [6.07, 6.45) is 4.06. The number of halogens is 6. The van der Waals surface area contributed by atoms with Crippen LogP contribution < -0.4 is 0 Å². The zero-order chi connectivity index (χ0) is 19.0. The summed E-state index contributed by atoms with van der Waals surface area (Å²) in [4.78, 5) is 17.7. The standard InChI is InChI=1S/C4H8O.C2H4O2.C2H3O.CCl4.CH2Cl2.Ag.O/c1-2-4-5-3-1;1-2(3)4;1-2-3;2-1(3,4)5;2-1-3;;/h1-4H2;1H3,(H,3,4);1H3;;1H2;;/q;;-1;;;;. The molecular weight excluding hydrogens is 521 g/mol. The van der Waals surface area contributed by atoms with E-state index in [-0.39, 0.29) is 5.34 Å². The Hall–Kier alpha value is 1.38. The molecule has 5 nitrogen and oxygen atoms in total. The maximum absolute atomic E-state index is 9.00. The molecular formula is C10H17AgCl6O5-. The summed E-state index contributed by atoms with van der Waals surface area (Å²) in [5.74, 6) is -0.833. The van der Waals surface area contributed by atoms with Crippen molar-refractivity contribution in [2.75, 3.05) is 18.6 Å². The number of hydrogen-bond acceptors (Lipinski definition) is 4. The number of carboxylic acid groups (broad SMARTS) is 1. The zero-order valence-corrected chi connectivity index (χ0v) is 17.7. The fraction of sp³-hybridized carbons (Fsp3) is 0.800. The normalized spacial score (nSPS) is 11.0. The van der Waals surface area contributed by atoms with Crippen LogP contribution in [0, 0.1) is 0 Å². The molecule has 1 rings (SSSR count). The summed E-state index contributed by atoms with van der Waals surface area (Å²) in [5, 5.41) is 7.61. The second-order valence-electron chi connectivity index (χ2n) is 2.57.